The number of methoxy groups -OCH3 is 2. The first-order chi connectivity index (χ1) is 11.1. The number of benzene rings is 1. The molecular formula is C12H13F6NO5S. The van der Waals surface area contributed by atoms with E-state index in [1.165, 1.54) is 0 Å². The summed E-state index contributed by atoms with van der Waals surface area (Å²) in [6, 6.07) is 0.439. The van der Waals surface area contributed by atoms with Crippen LogP contribution in [0.1, 0.15) is 5.56 Å². The molecule has 0 aliphatic rings. The lowest BCUT2D eigenvalue weighted by atomic mass is 9.91. The smallest absolute Gasteiger partial charge is 0.430 e. The molecule has 0 atom stereocenters. The Morgan fingerprint density at radius 2 is 1.32 bits per heavy atom. The van der Waals surface area contributed by atoms with E-state index in [1.807, 2.05) is 4.72 Å². The molecule has 144 valence electrons. The molecule has 0 amide bonds. The topological polar surface area (TPSA) is 84.9 Å². The van der Waals surface area contributed by atoms with Gasteiger partial charge in [-0.1, -0.05) is 0 Å². The molecular weight excluding hydrogens is 384 g/mol. The van der Waals surface area contributed by atoms with Crippen LogP contribution in [0.2, 0.25) is 0 Å². The van der Waals surface area contributed by atoms with E-state index in [0.29, 0.717) is 6.26 Å². The molecule has 0 aliphatic heterocycles. The van der Waals surface area contributed by atoms with Crippen molar-refractivity contribution in [1.82, 2.24) is 0 Å². The second-order valence-corrected chi connectivity index (χ2v) is 6.58. The van der Waals surface area contributed by atoms with Crippen molar-refractivity contribution in [3.63, 3.8) is 0 Å². The van der Waals surface area contributed by atoms with Crippen molar-refractivity contribution in [1.29, 1.82) is 0 Å². The lowest BCUT2D eigenvalue weighted by Crippen LogP contribution is -2.53. The number of anilines is 1. The predicted molar refractivity (Wildman–Crippen MR) is 74.0 cm³/mol. The second-order valence-electron chi connectivity index (χ2n) is 4.84. The van der Waals surface area contributed by atoms with Gasteiger partial charge in [0.15, 0.2) is 0 Å². The summed E-state index contributed by atoms with van der Waals surface area (Å²) >= 11 is 0. The molecule has 1 rings (SSSR count). The van der Waals surface area contributed by atoms with Gasteiger partial charge in [0.05, 0.1) is 20.5 Å². The first-order valence-electron chi connectivity index (χ1n) is 6.18. The van der Waals surface area contributed by atoms with E-state index in [0.717, 1.165) is 14.2 Å². The van der Waals surface area contributed by atoms with Crippen LogP contribution >= 0.6 is 0 Å². The van der Waals surface area contributed by atoms with Crippen LogP contribution in [0.15, 0.2) is 12.1 Å². The third-order valence-corrected chi connectivity index (χ3v) is 3.61. The fourth-order valence-corrected chi connectivity index (χ4v) is 2.47. The summed E-state index contributed by atoms with van der Waals surface area (Å²) in [6.07, 6.45) is -11.5. The van der Waals surface area contributed by atoms with Gasteiger partial charge in [0.2, 0.25) is 10.0 Å². The third kappa shape index (κ3) is 4.03. The van der Waals surface area contributed by atoms with Crippen LogP contribution in [0.25, 0.3) is 0 Å². The molecule has 0 spiro atoms. The Hall–Kier alpha value is -1.89. The summed E-state index contributed by atoms with van der Waals surface area (Å²) in [4.78, 5) is 0. The van der Waals surface area contributed by atoms with Gasteiger partial charge in [-0.05, 0) is 12.1 Å². The Labute approximate surface area is 138 Å². The largest absolute Gasteiger partial charge is 0.494 e. The lowest BCUT2D eigenvalue weighted by Gasteiger charge is -2.33. The van der Waals surface area contributed by atoms with Gasteiger partial charge in [0.25, 0.3) is 5.60 Å². The maximum Gasteiger partial charge on any atom is 0.430 e. The van der Waals surface area contributed by atoms with E-state index in [9.17, 15) is 39.9 Å². The number of nitrogens with one attached hydrogen (secondary N) is 1. The first kappa shape index (κ1) is 21.2. The molecule has 0 fully saturated rings. The van der Waals surface area contributed by atoms with Gasteiger partial charge in [0.1, 0.15) is 17.2 Å². The maximum atomic E-state index is 13.0. The van der Waals surface area contributed by atoms with Crippen LogP contribution in [0.4, 0.5) is 32.0 Å². The van der Waals surface area contributed by atoms with Gasteiger partial charge in [-0.15, -0.1) is 0 Å². The van der Waals surface area contributed by atoms with Gasteiger partial charge in [-0.2, -0.15) is 26.3 Å². The summed E-state index contributed by atoms with van der Waals surface area (Å²) in [7, 11) is -2.20. The van der Waals surface area contributed by atoms with E-state index in [-0.39, 0.29) is 12.1 Å². The zero-order chi connectivity index (χ0) is 19.8. The number of ether oxygens (including phenoxy) is 2. The highest BCUT2D eigenvalue weighted by atomic mass is 32.2. The molecule has 13 heteroatoms. The standard InChI is InChI=1S/C12H13F6NO5S/c1-23-7-4-6(10(20,11(13,14)15)12(16,17)18)5-8(24-2)9(7)19-25(3,21)22/h4-5,19-20H,1-3H3. The molecule has 0 bridgehead atoms. The van der Waals surface area contributed by atoms with Gasteiger partial charge < -0.3 is 14.6 Å². The zero-order valence-electron chi connectivity index (χ0n) is 12.9. The number of alkyl halides is 6. The Morgan fingerprint density at radius 3 is 1.56 bits per heavy atom. The van der Waals surface area contributed by atoms with Crippen LogP contribution in [-0.2, 0) is 15.6 Å². The van der Waals surface area contributed by atoms with Gasteiger partial charge in [-0.25, -0.2) is 8.42 Å². The lowest BCUT2D eigenvalue weighted by molar-refractivity contribution is -0.376. The highest BCUT2D eigenvalue weighted by Gasteiger charge is 2.71. The number of aliphatic hydroxyl groups is 1. The Morgan fingerprint density at radius 1 is 0.960 bits per heavy atom. The minimum absolute atomic E-state index is 0.219. The van der Waals surface area contributed by atoms with Crippen molar-refractivity contribution in [2.45, 2.75) is 18.0 Å². The fraction of sp³-hybridized carbons (Fsp3) is 0.500. The number of hydrogen-bond donors (Lipinski definition) is 2. The van der Waals surface area contributed by atoms with E-state index in [1.54, 1.807) is 0 Å². The van der Waals surface area contributed by atoms with Crippen LogP contribution in [0.3, 0.4) is 0 Å². The molecule has 1 aromatic rings. The second kappa shape index (κ2) is 6.44. The fourth-order valence-electron chi connectivity index (χ4n) is 1.89. The van der Waals surface area contributed by atoms with Gasteiger partial charge in [0, 0.05) is 5.56 Å². The Bertz CT molecular complexity index is 704. The monoisotopic (exact) mass is 397 g/mol. The summed E-state index contributed by atoms with van der Waals surface area (Å²) < 4.78 is 112. The molecule has 2 N–H and O–H groups in total. The van der Waals surface area contributed by atoms with Crippen molar-refractivity contribution in [2.24, 2.45) is 0 Å². The molecule has 6 nitrogen and oxygen atoms in total. The highest BCUT2D eigenvalue weighted by Crippen LogP contribution is 2.52. The molecule has 1 aromatic carbocycles. The molecule has 0 radical (unpaired) electrons. The van der Waals surface area contributed by atoms with Crippen molar-refractivity contribution in [2.75, 3.05) is 25.2 Å². The van der Waals surface area contributed by atoms with E-state index >= 15 is 0 Å². The molecule has 0 saturated carbocycles. The molecule has 0 heterocycles. The van der Waals surface area contributed by atoms with Gasteiger partial charge in [-0.3, -0.25) is 4.72 Å². The third-order valence-electron chi connectivity index (χ3n) is 3.03. The minimum atomic E-state index is -6.12. The van der Waals surface area contributed by atoms with Crippen molar-refractivity contribution >= 4 is 15.7 Å². The minimum Gasteiger partial charge on any atom is -0.494 e. The van der Waals surface area contributed by atoms with Crippen LogP contribution in [-0.4, -0.2) is 46.4 Å². The average Bonchev–Trinajstić information content (AvgIpc) is 2.42. The molecule has 0 aliphatic carbocycles. The number of rotatable bonds is 5. The van der Waals surface area contributed by atoms with E-state index < -0.39 is 50.7 Å². The Kier molecular flexibility index (Phi) is 5.45. The first-order valence-corrected chi connectivity index (χ1v) is 8.07. The predicted octanol–water partition coefficient (Wildman–Crippen LogP) is 2.39. The quantitative estimate of drug-likeness (QED) is 0.746. The van der Waals surface area contributed by atoms with Gasteiger partial charge >= 0.3 is 12.4 Å². The number of hydrogen-bond acceptors (Lipinski definition) is 5. The van der Waals surface area contributed by atoms with Crippen molar-refractivity contribution in [3.8, 4) is 11.5 Å². The number of halogens is 6. The van der Waals surface area contributed by atoms with Crippen LogP contribution in [0.5, 0.6) is 11.5 Å². The molecule has 0 unspecified atom stereocenters. The van der Waals surface area contributed by atoms with Crippen molar-refractivity contribution in [3.05, 3.63) is 17.7 Å². The zero-order valence-corrected chi connectivity index (χ0v) is 13.7. The highest BCUT2D eigenvalue weighted by molar-refractivity contribution is 7.92. The SMILES string of the molecule is COc1cc(C(O)(C(F)(F)F)C(F)(F)F)cc(OC)c1NS(C)(=O)=O. The number of sulfonamides is 1. The Balaban J connectivity index is 3.79. The normalized spacial score (nSPS) is 13.5. The molecule has 0 saturated heterocycles. The van der Waals surface area contributed by atoms with E-state index in [4.69, 9.17) is 0 Å². The van der Waals surface area contributed by atoms with Crippen LogP contribution in [0, 0.1) is 0 Å². The summed E-state index contributed by atoms with van der Waals surface area (Å²) in [5.41, 5.74) is -7.40. The maximum absolute atomic E-state index is 13.0. The summed E-state index contributed by atoms with van der Waals surface area (Å²) in [5.74, 6) is -1.43. The average molecular weight is 397 g/mol. The summed E-state index contributed by atoms with van der Waals surface area (Å²) in [6.45, 7) is 0. The molecule has 25 heavy (non-hydrogen) atoms. The van der Waals surface area contributed by atoms with Crippen LogP contribution < -0.4 is 14.2 Å². The summed E-state index contributed by atoms with van der Waals surface area (Å²) in [5, 5.41) is 9.42. The van der Waals surface area contributed by atoms with Crippen molar-refractivity contribution < 1.29 is 49.3 Å². The molecule has 0 aromatic heterocycles. The van der Waals surface area contributed by atoms with E-state index in [2.05, 4.69) is 9.47 Å².